The van der Waals surface area contributed by atoms with Crippen LogP contribution in [0.4, 0.5) is 0 Å². The first-order valence-corrected chi connectivity index (χ1v) is 7.98. The average Bonchev–Trinajstić information content (AvgIpc) is 2.54. The second kappa shape index (κ2) is 5.94. The van der Waals surface area contributed by atoms with E-state index in [1.54, 1.807) is 0 Å². The molecular weight excluding hydrogens is 337 g/mol. The van der Waals surface area contributed by atoms with Crippen LogP contribution < -0.4 is 4.72 Å². The van der Waals surface area contributed by atoms with Gasteiger partial charge in [-0.3, -0.25) is 4.79 Å². The van der Waals surface area contributed by atoms with Crippen molar-refractivity contribution in [3.63, 3.8) is 0 Å². The average molecular weight is 348 g/mol. The quantitative estimate of drug-likeness (QED) is 0.724. The van der Waals surface area contributed by atoms with Gasteiger partial charge in [-0.15, -0.1) is 11.3 Å². The topological polar surface area (TPSA) is 104 Å². The summed E-state index contributed by atoms with van der Waals surface area (Å²) in [4.78, 5) is 10.3. The number of halogens is 2. The molecule has 0 saturated carbocycles. The van der Waals surface area contributed by atoms with Gasteiger partial charge in [0.25, 0.3) is 0 Å². The first-order valence-electron chi connectivity index (χ1n) is 4.92. The number of carboxylic acid groups (broad SMARTS) is 1. The SMILES string of the molecule is CC(O)(CNS(=O)(=O)c1cc(Cl)sc1Cl)CC(=O)O. The Morgan fingerprint density at radius 2 is 2.11 bits per heavy atom. The molecule has 0 aliphatic rings. The van der Waals surface area contributed by atoms with E-state index in [0.717, 1.165) is 11.3 Å². The third-order valence-electron chi connectivity index (χ3n) is 2.09. The van der Waals surface area contributed by atoms with Crippen LogP contribution in [0, 0.1) is 0 Å². The number of rotatable bonds is 6. The summed E-state index contributed by atoms with van der Waals surface area (Å²) in [6.45, 7) is 0.761. The van der Waals surface area contributed by atoms with E-state index >= 15 is 0 Å². The van der Waals surface area contributed by atoms with Gasteiger partial charge in [-0.2, -0.15) is 0 Å². The predicted molar refractivity (Wildman–Crippen MR) is 72.4 cm³/mol. The minimum atomic E-state index is -3.95. The number of carbonyl (C=O) groups is 1. The Kier molecular flexibility index (Phi) is 5.21. The molecule has 0 amide bonds. The zero-order valence-electron chi connectivity index (χ0n) is 9.68. The fourth-order valence-electron chi connectivity index (χ4n) is 1.22. The second-order valence-electron chi connectivity index (χ2n) is 4.08. The van der Waals surface area contributed by atoms with Gasteiger partial charge in [0.1, 0.15) is 9.23 Å². The van der Waals surface area contributed by atoms with Crippen molar-refractivity contribution in [2.24, 2.45) is 0 Å². The molecule has 1 atom stereocenters. The predicted octanol–water partition coefficient (Wildman–Crippen LogP) is 1.56. The maximum Gasteiger partial charge on any atom is 0.306 e. The minimum absolute atomic E-state index is 0.00428. The highest BCUT2D eigenvalue weighted by Crippen LogP contribution is 2.34. The Morgan fingerprint density at radius 1 is 1.53 bits per heavy atom. The summed E-state index contributed by atoms with van der Waals surface area (Å²) in [5, 5.41) is 18.3. The van der Waals surface area contributed by atoms with Crippen LogP contribution in [0.1, 0.15) is 13.3 Å². The maximum absolute atomic E-state index is 11.9. The highest BCUT2D eigenvalue weighted by Gasteiger charge is 2.28. The van der Waals surface area contributed by atoms with Crippen LogP contribution in [0.25, 0.3) is 0 Å². The number of thiophene rings is 1. The third kappa shape index (κ3) is 4.90. The van der Waals surface area contributed by atoms with E-state index in [1.165, 1.54) is 13.0 Å². The highest BCUT2D eigenvalue weighted by molar-refractivity contribution is 7.89. The second-order valence-corrected chi connectivity index (χ2v) is 8.10. The molecule has 1 rings (SSSR count). The summed E-state index contributed by atoms with van der Waals surface area (Å²) in [5.41, 5.74) is -1.70. The fraction of sp³-hybridized carbons (Fsp3) is 0.444. The number of hydrogen-bond acceptors (Lipinski definition) is 5. The lowest BCUT2D eigenvalue weighted by Gasteiger charge is -2.21. The van der Waals surface area contributed by atoms with Crippen molar-refractivity contribution in [1.82, 2.24) is 4.72 Å². The summed E-state index contributed by atoms with van der Waals surface area (Å²) in [7, 11) is -3.95. The number of nitrogens with one attached hydrogen (secondary N) is 1. The summed E-state index contributed by atoms with van der Waals surface area (Å²) in [6.07, 6.45) is -0.590. The van der Waals surface area contributed by atoms with Gasteiger partial charge < -0.3 is 10.2 Å². The van der Waals surface area contributed by atoms with Crippen molar-refractivity contribution in [3.8, 4) is 0 Å². The molecule has 0 radical (unpaired) electrons. The van der Waals surface area contributed by atoms with Crippen molar-refractivity contribution in [2.75, 3.05) is 6.54 Å². The molecule has 0 saturated heterocycles. The van der Waals surface area contributed by atoms with E-state index in [2.05, 4.69) is 4.72 Å². The molecule has 1 unspecified atom stereocenters. The van der Waals surface area contributed by atoms with E-state index in [0.29, 0.717) is 0 Å². The van der Waals surface area contributed by atoms with Crippen molar-refractivity contribution in [1.29, 1.82) is 0 Å². The largest absolute Gasteiger partial charge is 0.481 e. The van der Waals surface area contributed by atoms with Crippen LogP contribution in [0.2, 0.25) is 8.67 Å². The molecule has 0 fully saturated rings. The first-order chi connectivity index (χ1) is 8.53. The summed E-state index contributed by atoms with van der Waals surface area (Å²) in [5.74, 6) is -1.24. The van der Waals surface area contributed by atoms with E-state index in [1.807, 2.05) is 0 Å². The Bertz CT molecular complexity index is 581. The lowest BCUT2D eigenvalue weighted by molar-refractivity contribution is -0.141. The van der Waals surface area contributed by atoms with Crippen LogP contribution in [0.5, 0.6) is 0 Å². The van der Waals surface area contributed by atoms with Crippen molar-refractivity contribution >= 4 is 50.5 Å². The van der Waals surface area contributed by atoms with Gasteiger partial charge in [-0.1, -0.05) is 23.2 Å². The molecule has 0 spiro atoms. The number of sulfonamides is 1. The van der Waals surface area contributed by atoms with E-state index < -0.39 is 34.6 Å². The highest BCUT2D eigenvalue weighted by atomic mass is 35.5. The summed E-state index contributed by atoms with van der Waals surface area (Å²) >= 11 is 12.3. The molecular formula is C9H11Cl2NO5S2. The molecule has 6 nitrogen and oxygen atoms in total. The third-order valence-corrected chi connectivity index (χ3v) is 5.24. The molecule has 1 heterocycles. The van der Waals surface area contributed by atoms with Crippen molar-refractivity contribution in [3.05, 3.63) is 14.7 Å². The van der Waals surface area contributed by atoms with Crippen molar-refractivity contribution < 1.29 is 23.4 Å². The summed E-state index contributed by atoms with van der Waals surface area (Å²) in [6, 6.07) is 1.18. The van der Waals surface area contributed by atoms with Gasteiger partial charge in [-0.25, -0.2) is 13.1 Å². The van der Waals surface area contributed by atoms with E-state index in [9.17, 15) is 18.3 Å². The molecule has 10 heteroatoms. The van der Waals surface area contributed by atoms with Crippen molar-refractivity contribution in [2.45, 2.75) is 23.8 Å². The molecule has 108 valence electrons. The van der Waals surface area contributed by atoms with Crippen LogP contribution >= 0.6 is 34.5 Å². The van der Waals surface area contributed by atoms with Gasteiger partial charge in [0, 0.05) is 6.54 Å². The van der Waals surface area contributed by atoms with Gasteiger partial charge in [-0.05, 0) is 13.0 Å². The smallest absolute Gasteiger partial charge is 0.306 e. The number of aliphatic carboxylic acids is 1. The zero-order chi connectivity index (χ0) is 14.8. The number of carboxylic acids is 1. The maximum atomic E-state index is 11.9. The Hall–Kier alpha value is -0.380. The first kappa shape index (κ1) is 16.7. The van der Waals surface area contributed by atoms with Gasteiger partial charge in [0.05, 0.1) is 16.4 Å². The van der Waals surface area contributed by atoms with Crippen LogP contribution in [0.3, 0.4) is 0 Å². The van der Waals surface area contributed by atoms with Gasteiger partial charge in [0.15, 0.2) is 0 Å². The molecule has 0 aliphatic carbocycles. The standard InChI is InChI=1S/C9H11Cl2NO5S2/c1-9(15,3-7(13)14)4-12-19(16,17)5-2-6(10)18-8(5)11/h2,12,15H,3-4H2,1H3,(H,13,14). The van der Waals surface area contributed by atoms with E-state index in [4.69, 9.17) is 28.3 Å². The molecule has 3 N–H and O–H groups in total. The minimum Gasteiger partial charge on any atom is -0.481 e. The lowest BCUT2D eigenvalue weighted by atomic mass is 10.0. The van der Waals surface area contributed by atoms with Crippen LogP contribution in [-0.2, 0) is 14.8 Å². The van der Waals surface area contributed by atoms with Gasteiger partial charge in [0.2, 0.25) is 10.0 Å². The molecule has 0 aromatic carbocycles. The van der Waals surface area contributed by atoms with Crippen LogP contribution in [0.15, 0.2) is 11.0 Å². The number of aliphatic hydroxyl groups is 1. The number of hydrogen-bond donors (Lipinski definition) is 3. The molecule has 0 bridgehead atoms. The molecule has 19 heavy (non-hydrogen) atoms. The van der Waals surface area contributed by atoms with Gasteiger partial charge >= 0.3 is 5.97 Å². The fourth-order valence-corrected chi connectivity index (χ4v) is 4.53. The normalized spacial score (nSPS) is 15.2. The monoisotopic (exact) mass is 347 g/mol. The Balaban J connectivity index is 2.82. The van der Waals surface area contributed by atoms with E-state index in [-0.39, 0.29) is 13.6 Å². The molecule has 1 aromatic rings. The molecule has 1 aromatic heterocycles. The molecule has 0 aliphatic heterocycles. The lowest BCUT2D eigenvalue weighted by Crippen LogP contribution is -2.42. The Labute approximate surface area is 124 Å². The Morgan fingerprint density at radius 3 is 2.53 bits per heavy atom. The van der Waals surface area contributed by atoms with Crippen LogP contribution in [-0.4, -0.2) is 36.7 Å². The summed E-state index contributed by atoms with van der Waals surface area (Å²) < 4.78 is 26.1. The zero-order valence-corrected chi connectivity index (χ0v) is 12.8.